The molecular weight excluding hydrogens is 510 g/mol. The Labute approximate surface area is 251 Å². The molecular formula is C39H41N3. The van der Waals surface area contributed by atoms with Gasteiger partial charge in [-0.25, -0.2) is 9.98 Å². The summed E-state index contributed by atoms with van der Waals surface area (Å²) in [7, 11) is 0. The van der Waals surface area contributed by atoms with Crippen molar-refractivity contribution in [1.82, 2.24) is 4.98 Å². The van der Waals surface area contributed by atoms with Crippen molar-refractivity contribution in [3.05, 3.63) is 155 Å². The minimum atomic E-state index is 0.335. The second kappa shape index (κ2) is 14.7. The van der Waals surface area contributed by atoms with E-state index in [4.69, 9.17) is 9.98 Å². The zero-order valence-electron chi connectivity index (χ0n) is 25.6. The van der Waals surface area contributed by atoms with Gasteiger partial charge in [-0.3, -0.25) is 0 Å². The Kier molecular flexibility index (Phi) is 10.6. The SMILES string of the molecule is C/C=C(\C=C/C(C)=Nc1nc2ccccc2cc1C)c1cccc(C)c1.Cc1ccccc1NC(C)c1ccccc1. The first-order valence-electron chi connectivity index (χ1n) is 14.5. The second-order valence-electron chi connectivity index (χ2n) is 10.6. The van der Waals surface area contributed by atoms with E-state index in [-0.39, 0.29) is 0 Å². The van der Waals surface area contributed by atoms with Gasteiger partial charge in [0, 0.05) is 22.8 Å². The molecule has 0 saturated carbocycles. The van der Waals surface area contributed by atoms with E-state index in [0.29, 0.717) is 6.04 Å². The zero-order chi connectivity index (χ0) is 29.9. The van der Waals surface area contributed by atoms with Gasteiger partial charge in [0.15, 0.2) is 5.82 Å². The van der Waals surface area contributed by atoms with Crippen LogP contribution >= 0.6 is 0 Å². The lowest BCUT2D eigenvalue weighted by Gasteiger charge is -2.17. The lowest BCUT2D eigenvalue weighted by atomic mass is 10.0. The first-order valence-corrected chi connectivity index (χ1v) is 14.5. The molecule has 0 aliphatic rings. The maximum Gasteiger partial charge on any atom is 0.155 e. The molecule has 0 aliphatic heterocycles. The van der Waals surface area contributed by atoms with Crippen LogP contribution in [0.2, 0.25) is 0 Å². The second-order valence-corrected chi connectivity index (χ2v) is 10.6. The van der Waals surface area contributed by atoms with E-state index in [2.05, 4.69) is 137 Å². The van der Waals surface area contributed by atoms with Gasteiger partial charge in [0.2, 0.25) is 0 Å². The number of aliphatic imine (C=N–C) groups is 1. The van der Waals surface area contributed by atoms with Crippen molar-refractivity contribution < 1.29 is 0 Å². The standard InChI is InChI=1S/C24H24N2.C15H17N/c1-5-20(21-11-8-9-17(2)15-21)14-13-19(4)25-24-18(3)16-22-10-6-7-12-23(22)26-24;1-12-8-6-7-11-15(12)16-13(2)14-9-4-3-5-10-14/h5-16H,1-4H3;3-11,13,16H,1-2H3/b14-13-,20-5+,25-19?;. The highest BCUT2D eigenvalue weighted by Crippen LogP contribution is 2.23. The highest BCUT2D eigenvalue weighted by Gasteiger charge is 2.05. The van der Waals surface area contributed by atoms with Crippen molar-refractivity contribution in [2.24, 2.45) is 4.99 Å². The summed E-state index contributed by atoms with van der Waals surface area (Å²) in [5.41, 5.74) is 10.5. The Morgan fingerprint density at radius 2 is 1.48 bits per heavy atom. The molecule has 0 spiro atoms. The third kappa shape index (κ3) is 8.37. The van der Waals surface area contributed by atoms with E-state index in [1.165, 1.54) is 33.5 Å². The smallest absolute Gasteiger partial charge is 0.155 e. The van der Waals surface area contributed by atoms with Crippen LogP contribution in [0.3, 0.4) is 0 Å². The van der Waals surface area contributed by atoms with Crippen LogP contribution in [0.5, 0.6) is 0 Å². The van der Waals surface area contributed by atoms with Gasteiger partial charge in [0.1, 0.15) is 0 Å². The summed E-state index contributed by atoms with van der Waals surface area (Å²) < 4.78 is 0. The molecule has 1 aromatic heterocycles. The summed E-state index contributed by atoms with van der Waals surface area (Å²) in [5, 5.41) is 4.67. The van der Waals surface area contributed by atoms with E-state index in [0.717, 1.165) is 28.0 Å². The fraction of sp³-hybridized carbons (Fsp3) is 0.179. The molecule has 5 aromatic rings. The molecule has 0 fully saturated rings. The van der Waals surface area contributed by atoms with Crippen molar-refractivity contribution in [1.29, 1.82) is 0 Å². The lowest BCUT2D eigenvalue weighted by molar-refractivity contribution is 0.883. The molecule has 5 rings (SSSR count). The molecule has 1 atom stereocenters. The van der Waals surface area contributed by atoms with Crippen LogP contribution in [0, 0.1) is 20.8 Å². The minimum Gasteiger partial charge on any atom is -0.378 e. The molecule has 1 N–H and O–H groups in total. The molecule has 42 heavy (non-hydrogen) atoms. The molecule has 1 heterocycles. The quantitative estimate of drug-likeness (QED) is 0.161. The normalized spacial score (nSPS) is 12.6. The predicted molar refractivity (Wildman–Crippen MR) is 183 cm³/mol. The average molecular weight is 552 g/mol. The van der Waals surface area contributed by atoms with Gasteiger partial charge in [-0.15, -0.1) is 0 Å². The van der Waals surface area contributed by atoms with Crippen LogP contribution in [0.25, 0.3) is 16.5 Å². The predicted octanol–water partition coefficient (Wildman–Crippen LogP) is 10.8. The molecule has 0 bridgehead atoms. The largest absolute Gasteiger partial charge is 0.378 e. The number of nitrogens with one attached hydrogen (secondary N) is 1. The number of anilines is 1. The summed E-state index contributed by atoms with van der Waals surface area (Å²) in [5.74, 6) is 0.781. The highest BCUT2D eigenvalue weighted by atomic mass is 14.9. The van der Waals surface area contributed by atoms with E-state index in [9.17, 15) is 0 Å². The Hall–Kier alpha value is -4.76. The van der Waals surface area contributed by atoms with Crippen molar-refractivity contribution >= 4 is 33.7 Å². The first kappa shape index (κ1) is 30.2. The van der Waals surface area contributed by atoms with E-state index in [1.807, 2.05) is 37.3 Å². The summed E-state index contributed by atoms with van der Waals surface area (Å²) in [4.78, 5) is 9.41. The number of pyridine rings is 1. The van der Waals surface area contributed by atoms with Gasteiger partial charge in [0.25, 0.3) is 0 Å². The maximum atomic E-state index is 4.72. The number of fused-ring (bicyclic) bond motifs is 1. The van der Waals surface area contributed by atoms with Crippen LogP contribution in [0.1, 0.15) is 54.6 Å². The summed E-state index contributed by atoms with van der Waals surface area (Å²) in [6.45, 7) is 12.5. The Morgan fingerprint density at radius 3 is 2.21 bits per heavy atom. The molecule has 0 saturated heterocycles. The fourth-order valence-corrected chi connectivity index (χ4v) is 4.72. The number of nitrogens with zero attached hydrogens (tertiary/aromatic N) is 2. The van der Waals surface area contributed by atoms with E-state index >= 15 is 0 Å². The number of hydrogen-bond donors (Lipinski definition) is 1. The van der Waals surface area contributed by atoms with Crippen molar-refractivity contribution in [2.45, 2.75) is 47.6 Å². The molecule has 1 unspecified atom stereocenters. The van der Waals surface area contributed by atoms with Crippen molar-refractivity contribution in [3.8, 4) is 0 Å². The van der Waals surface area contributed by atoms with Gasteiger partial charge in [-0.05, 0) is 93.6 Å². The number of aryl methyl sites for hydroxylation is 3. The minimum absolute atomic E-state index is 0.335. The van der Waals surface area contributed by atoms with E-state index in [1.54, 1.807) is 0 Å². The topological polar surface area (TPSA) is 37.3 Å². The third-order valence-electron chi connectivity index (χ3n) is 7.15. The van der Waals surface area contributed by atoms with Crippen LogP contribution in [0.4, 0.5) is 11.5 Å². The van der Waals surface area contributed by atoms with Gasteiger partial charge in [-0.1, -0.05) is 109 Å². The average Bonchev–Trinajstić information content (AvgIpc) is 3.00. The molecule has 3 heteroatoms. The zero-order valence-corrected chi connectivity index (χ0v) is 25.6. The van der Waals surface area contributed by atoms with Crippen molar-refractivity contribution in [3.63, 3.8) is 0 Å². The van der Waals surface area contributed by atoms with Gasteiger partial charge in [0.05, 0.1) is 5.52 Å². The van der Waals surface area contributed by atoms with Gasteiger partial charge >= 0.3 is 0 Å². The molecule has 0 radical (unpaired) electrons. The van der Waals surface area contributed by atoms with Crippen LogP contribution in [-0.2, 0) is 0 Å². The van der Waals surface area contributed by atoms with Crippen LogP contribution < -0.4 is 5.32 Å². The monoisotopic (exact) mass is 551 g/mol. The number of allylic oxidation sites excluding steroid dienone is 4. The first-order chi connectivity index (χ1) is 20.3. The molecule has 0 amide bonds. The Balaban J connectivity index is 0.000000216. The third-order valence-corrected chi connectivity index (χ3v) is 7.15. The molecule has 3 nitrogen and oxygen atoms in total. The number of aromatic nitrogens is 1. The number of rotatable bonds is 7. The molecule has 0 aliphatic carbocycles. The van der Waals surface area contributed by atoms with Gasteiger partial charge in [-0.2, -0.15) is 0 Å². The summed E-state index contributed by atoms with van der Waals surface area (Å²) in [6, 6.07) is 38.0. The number of hydrogen-bond acceptors (Lipinski definition) is 3. The maximum absolute atomic E-state index is 4.72. The highest BCUT2D eigenvalue weighted by molar-refractivity contribution is 5.97. The Morgan fingerprint density at radius 1 is 0.762 bits per heavy atom. The fourth-order valence-electron chi connectivity index (χ4n) is 4.72. The van der Waals surface area contributed by atoms with Gasteiger partial charge < -0.3 is 5.32 Å². The lowest BCUT2D eigenvalue weighted by Crippen LogP contribution is -2.07. The number of benzene rings is 4. The van der Waals surface area contributed by atoms with Crippen LogP contribution in [-0.4, -0.2) is 10.7 Å². The summed E-state index contributed by atoms with van der Waals surface area (Å²) in [6.07, 6.45) is 6.29. The summed E-state index contributed by atoms with van der Waals surface area (Å²) >= 11 is 0. The molecule has 212 valence electrons. The van der Waals surface area contributed by atoms with Crippen LogP contribution in [0.15, 0.2) is 132 Å². The van der Waals surface area contributed by atoms with E-state index < -0.39 is 0 Å². The number of para-hydroxylation sites is 2. The Bertz CT molecular complexity index is 1710. The van der Waals surface area contributed by atoms with Crippen molar-refractivity contribution in [2.75, 3.05) is 5.32 Å². The molecule has 4 aromatic carbocycles.